The second-order valence-corrected chi connectivity index (χ2v) is 11.8. The van der Waals surface area contributed by atoms with Crippen LogP contribution in [0.25, 0.3) is 0 Å². The van der Waals surface area contributed by atoms with Crippen LogP contribution in [0, 0.1) is 0 Å². The largest absolute Gasteiger partial charge is 0.465 e. The molecule has 0 unspecified atom stereocenters. The summed E-state index contributed by atoms with van der Waals surface area (Å²) in [5, 5.41) is 11.5. The fraction of sp³-hybridized carbons (Fsp3) is 0.350. The Morgan fingerprint density at radius 3 is 1.80 bits per heavy atom. The Balaban J connectivity index is 2.05. The molecule has 1 amide bonds. The second kappa shape index (κ2) is 6.65. The molecule has 0 saturated carbocycles. The van der Waals surface area contributed by atoms with Gasteiger partial charge in [0.15, 0.2) is 0 Å². The van der Waals surface area contributed by atoms with Crippen molar-refractivity contribution in [2.75, 3.05) is 13.1 Å². The Morgan fingerprint density at radius 2 is 1.44 bits per heavy atom. The number of amides is 1. The van der Waals surface area contributed by atoms with Gasteiger partial charge in [-0.3, -0.25) is 0 Å². The lowest BCUT2D eigenvalue weighted by Crippen LogP contribution is -2.71. The molecular weight excluding hydrogens is 330 g/mol. The molecule has 2 aromatic rings. The normalized spacial score (nSPS) is 15.7. The van der Waals surface area contributed by atoms with Gasteiger partial charge in [0.2, 0.25) is 0 Å². The van der Waals surface area contributed by atoms with Crippen LogP contribution < -0.4 is 10.4 Å². The third-order valence-corrected chi connectivity index (χ3v) is 9.97. The average molecular weight is 356 g/mol. The standard InChI is InChI=1S/C20H25NO3Si/c1-20(2,3)25(17-10-6-4-7-11-17,18-12-8-5-9-13-18)24-16-14-21(15-16)19(22)23/h4-13,16H,14-15H2,1-3H3,(H,22,23). The molecule has 132 valence electrons. The molecule has 0 spiro atoms. The third kappa shape index (κ3) is 3.22. The van der Waals surface area contributed by atoms with E-state index in [1.165, 1.54) is 15.3 Å². The smallest absolute Gasteiger partial charge is 0.407 e. The molecule has 1 N–H and O–H groups in total. The summed E-state index contributed by atoms with van der Waals surface area (Å²) in [5.74, 6) is 0. The molecule has 1 heterocycles. The summed E-state index contributed by atoms with van der Waals surface area (Å²) >= 11 is 0. The van der Waals surface area contributed by atoms with Crippen LogP contribution in [0.15, 0.2) is 60.7 Å². The number of hydrogen-bond acceptors (Lipinski definition) is 2. The maximum Gasteiger partial charge on any atom is 0.407 e. The number of hydrogen-bond donors (Lipinski definition) is 1. The van der Waals surface area contributed by atoms with E-state index >= 15 is 0 Å². The Labute approximate surface area is 150 Å². The van der Waals surface area contributed by atoms with Crippen molar-refractivity contribution in [2.45, 2.75) is 31.9 Å². The number of carboxylic acid groups (broad SMARTS) is 1. The summed E-state index contributed by atoms with van der Waals surface area (Å²) in [5.41, 5.74) is 0. The Morgan fingerprint density at radius 1 is 1.00 bits per heavy atom. The number of benzene rings is 2. The van der Waals surface area contributed by atoms with Gasteiger partial charge in [0.25, 0.3) is 8.32 Å². The van der Waals surface area contributed by atoms with Crippen molar-refractivity contribution in [3.8, 4) is 0 Å². The predicted octanol–water partition coefficient (Wildman–Crippen LogP) is 2.93. The third-order valence-electron chi connectivity index (χ3n) is 4.88. The first-order valence-electron chi connectivity index (χ1n) is 8.61. The first-order valence-corrected chi connectivity index (χ1v) is 10.5. The first kappa shape index (κ1) is 17.7. The molecule has 25 heavy (non-hydrogen) atoms. The molecule has 0 atom stereocenters. The number of likely N-dealkylation sites (tertiary alicyclic amines) is 1. The zero-order valence-corrected chi connectivity index (χ0v) is 16.0. The van der Waals surface area contributed by atoms with Gasteiger partial charge in [-0.2, -0.15) is 0 Å². The minimum absolute atomic E-state index is 0.0533. The summed E-state index contributed by atoms with van der Waals surface area (Å²) < 4.78 is 6.82. The SMILES string of the molecule is CC(C)(C)[Si](OC1CN(C(=O)O)C1)(c1ccccc1)c1ccccc1. The molecule has 4 nitrogen and oxygen atoms in total. The molecule has 0 aromatic heterocycles. The van der Waals surface area contributed by atoms with Gasteiger partial charge in [-0.05, 0) is 15.4 Å². The highest BCUT2D eigenvalue weighted by atomic mass is 28.4. The lowest BCUT2D eigenvalue weighted by Gasteiger charge is -2.49. The number of nitrogens with zero attached hydrogens (tertiary/aromatic N) is 1. The van der Waals surface area contributed by atoms with Gasteiger partial charge in [-0.15, -0.1) is 0 Å². The lowest BCUT2D eigenvalue weighted by atomic mass is 10.2. The van der Waals surface area contributed by atoms with Gasteiger partial charge >= 0.3 is 6.09 Å². The molecule has 1 aliphatic heterocycles. The topological polar surface area (TPSA) is 49.8 Å². The van der Waals surface area contributed by atoms with Crippen molar-refractivity contribution in [2.24, 2.45) is 0 Å². The van der Waals surface area contributed by atoms with Crippen molar-refractivity contribution in [1.29, 1.82) is 0 Å². The molecule has 5 heteroatoms. The highest BCUT2D eigenvalue weighted by Gasteiger charge is 2.52. The van der Waals surface area contributed by atoms with E-state index in [1.807, 2.05) is 12.1 Å². The average Bonchev–Trinajstić information content (AvgIpc) is 2.54. The van der Waals surface area contributed by atoms with E-state index in [1.54, 1.807) is 0 Å². The first-order chi connectivity index (χ1) is 11.8. The Bertz CT molecular complexity index is 682. The monoisotopic (exact) mass is 355 g/mol. The molecule has 1 aliphatic rings. The van der Waals surface area contributed by atoms with Crippen LogP contribution in [0.1, 0.15) is 20.8 Å². The van der Waals surface area contributed by atoms with Gasteiger partial charge in [0, 0.05) is 0 Å². The lowest BCUT2D eigenvalue weighted by molar-refractivity contribution is 0.0195. The van der Waals surface area contributed by atoms with E-state index in [0.29, 0.717) is 13.1 Å². The van der Waals surface area contributed by atoms with Gasteiger partial charge in [0.05, 0.1) is 19.2 Å². The van der Waals surface area contributed by atoms with E-state index in [-0.39, 0.29) is 11.1 Å². The van der Waals surface area contributed by atoms with Crippen molar-refractivity contribution >= 4 is 24.8 Å². The minimum atomic E-state index is -2.57. The number of carbonyl (C=O) groups is 1. The van der Waals surface area contributed by atoms with Gasteiger partial charge in [0.1, 0.15) is 0 Å². The van der Waals surface area contributed by atoms with Crippen LogP contribution in [0.4, 0.5) is 4.79 Å². The molecule has 1 fully saturated rings. The van der Waals surface area contributed by atoms with E-state index < -0.39 is 14.4 Å². The zero-order chi connectivity index (χ0) is 18.1. The molecule has 2 aromatic carbocycles. The van der Waals surface area contributed by atoms with E-state index in [9.17, 15) is 4.79 Å². The second-order valence-electron chi connectivity index (χ2n) is 7.59. The Hall–Kier alpha value is -2.11. The van der Waals surface area contributed by atoms with E-state index in [0.717, 1.165) is 0 Å². The molecular formula is C20H25NO3Si. The highest BCUT2D eigenvalue weighted by Crippen LogP contribution is 2.38. The van der Waals surface area contributed by atoms with Crippen molar-refractivity contribution in [3.63, 3.8) is 0 Å². The molecule has 0 bridgehead atoms. The maximum absolute atomic E-state index is 11.1. The zero-order valence-electron chi connectivity index (χ0n) is 15.0. The molecule has 0 aliphatic carbocycles. The van der Waals surface area contributed by atoms with E-state index in [4.69, 9.17) is 9.53 Å². The maximum atomic E-state index is 11.1. The summed E-state index contributed by atoms with van der Waals surface area (Å²) in [7, 11) is -2.57. The summed E-state index contributed by atoms with van der Waals surface area (Å²) in [4.78, 5) is 12.5. The van der Waals surface area contributed by atoms with Crippen LogP contribution in [0.2, 0.25) is 5.04 Å². The van der Waals surface area contributed by atoms with Crippen LogP contribution in [0.3, 0.4) is 0 Å². The molecule has 1 saturated heterocycles. The van der Waals surface area contributed by atoms with Crippen molar-refractivity contribution in [1.82, 2.24) is 4.90 Å². The molecule has 3 rings (SSSR count). The quantitative estimate of drug-likeness (QED) is 0.858. The van der Waals surface area contributed by atoms with Gasteiger partial charge in [-0.25, -0.2) is 4.79 Å². The fourth-order valence-corrected chi connectivity index (χ4v) is 8.27. The van der Waals surface area contributed by atoms with Crippen LogP contribution in [0.5, 0.6) is 0 Å². The van der Waals surface area contributed by atoms with Crippen LogP contribution >= 0.6 is 0 Å². The summed E-state index contributed by atoms with van der Waals surface area (Å²) in [6, 6.07) is 20.9. The number of rotatable bonds is 4. The predicted molar refractivity (Wildman–Crippen MR) is 102 cm³/mol. The van der Waals surface area contributed by atoms with Crippen LogP contribution in [-0.4, -0.2) is 43.6 Å². The van der Waals surface area contributed by atoms with Crippen LogP contribution in [-0.2, 0) is 4.43 Å². The van der Waals surface area contributed by atoms with E-state index in [2.05, 4.69) is 69.3 Å². The van der Waals surface area contributed by atoms with Gasteiger partial charge in [-0.1, -0.05) is 81.4 Å². The van der Waals surface area contributed by atoms with Gasteiger partial charge < -0.3 is 14.4 Å². The highest BCUT2D eigenvalue weighted by molar-refractivity contribution is 6.99. The Kier molecular flexibility index (Phi) is 4.71. The minimum Gasteiger partial charge on any atom is -0.465 e. The summed E-state index contributed by atoms with van der Waals surface area (Å²) in [6.45, 7) is 7.58. The van der Waals surface area contributed by atoms with Crippen molar-refractivity contribution in [3.05, 3.63) is 60.7 Å². The fourth-order valence-electron chi connectivity index (χ4n) is 3.61. The summed E-state index contributed by atoms with van der Waals surface area (Å²) in [6.07, 6.45) is -0.926. The van der Waals surface area contributed by atoms with Crippen molar-refractivity contribution < 1.29 is 14.3 Å². The molecule has 0 radical (unpaired) electrons.